The van der Waals surface area contributed by atoms with Gasteiger partial charge in [-0.15, -0.1) is 0 Å². The van der Waals surface area contributed by atoms with Crippen molar-refractivity contribution in [3.05, 3.63) is 27.1 Å². The molecule has 82 valence electrons. The largest absolute Gasteiger partial charge is 0.324 e. The van der Waals surface area contributed by atoms with E-state index in [2.05, 4.69) is 0 Å². The van der Waals surface area contributed by atoms with E-state index in [9.17, 15) is 18.9 Å². The Labute approximate surface area is 87.8 Å². The second-order valence-electron chi connectivity index (χ2n) is 3.76. The number of nitrogens with zero attached hydrogens (tertiary/aromatic N) is 1. The van der Waals surface area contributed by atoms with Crippen molar-refractivity contribution in [1.29, 1.82) is 0 Å². The first-order valence-electron chi connectivity index (χ1n) is 4.24. The molecule has 1 aromatic rings. The van der Waals surface area contributed by atoms with E-state index >= 15 is 0 Å². The summed E-state index contributed by atoms with van der Waals surface area (Å²) in [6, 6.07) is 2.75. The zero-order chi connectivity index (χ0) is 11.3. The molecular formula is C8H8F2N2O2S. The van der Waals surface area contributed by atoms with Gasteiger partial charge in [-0.1, -0.05) is 11.3 Å². The Morgan fingerprint density at radius 2 is 2.07 bits per heavy atom. The fraction of sp³-hybridized carbons (Fsp3) is 0.500. The maximum atomic E-state index is 12.7. The molecule has 15 heavy (non-hydrogen) atoms. The summed E-state index contributed by atoms with van der Waals surface area (Å²) in [5, 5.41) is 10.3. The average molecular weight is 234 g/mol. The van der Waals surface area contributed by atoms with E-state index in [1.807, 2.05) is 0 Å². The van der Waals surface area contributed by atoms with Crippen LogP contribution in [0.3, 0.4) is 0 Å². The van der Waals surface area contributed by atoms with Gasteiger partial charge in [0.25, 0.3) is 5.92 Å². The molecule has 0 unspecified atom stereocenters. The highest BCUT2D eigenvalue weighted by atomic mass is 32.1. The van der Waals surface area contributed by atoms with Crippen LogP contribution in [0, 0.1) is 10.1 Å². The number of hydrogen-bond donors (Lipinski definition) is 1. The first-order chi connectivity index (χ1) is 6.82. The topological polar surface area (TPSA) is 69.2 Å². The highest BCUT2D eigenvalue weighted by molar-refractivity contribution is 7.15. The smallest absolute Gasteiger partial charge is 0.320 e. The Morgan fingerprint density at radius 1 is 1.47 bits per heavy atom. The molecular weight excluding hydrogens is 226 g/mol. The van der Waals surface area contributed by atoms with Gasteiger partial charge in [0, 0.05) is 23.8 Å². The van der Waals surface area contributed by atoms with Crippen LogP contribution in [0.25, 0.3) is 0 Å². The lowest BCUT2D eigenvalue weighted by Gasteiger charge is -2.43. The van der Waals surface area contributed by atoms with Crippen molar-refractivity contribution >= 4 is 16.3 Å². The molecule has 0 atom stereocenters. The number of halogens is 2. The van der Waals surface area contributed by atoms with E-state index in [1.165, 1.54) is 12.1 Å². The van der Waals surface area contributed by atoms with Crippen molar-refractivity contribution in [2.75, 3.05) is 0 Å². The molecule has 0 radical (unpaired) electrons. The Balaban J connectivity index is 2.21. The molecule has 1 aliphatic rings. The fourth-order valence-corrected chi connectivity index (χ4v) is 2.66. The summed E-state index contributed by atoms with van der Waals surface area (Å²) >= 11 is 0.867. The van der Waals surface area contributed by atoms with Crippen molar-refractivity contribution < 1.29 is 13.7 Å². The van der Waals surface area contributed by atoms with Crippen LogP contribution in [0.15, 0.2) is 12.1 Å². The van der Waals surface area contributed by atoms with E-state index in [4.69, 9.17) is 5.73 Å². The van der Waals surface area contributed by atoms with Gasteiger partial charge in [0.1, 0.15) is 0 Å². The molecule has 0 aliphatic heterocycles. The molecule has 0 amide bonds. The third-order valence-corrected chi connectivity index (χ3v) is 3.67. The number of rotatable bonds is 2. The van der Waals surface area contributed by atoms with E-state index in [0.717, 1.165) is 11.3 Å². The molecule has 2 rings (SSSR count). The zero-order valence-corrected chi connectivity index (χ0v) is 8.39. The summed E-state index contributed by atoms with van der Waals surface area (Å²) in [6.07, 6.45) is -0.866. The van der Waals surface area contributed by atoms with Crippen molar-refractivity contribution in [3.8, 4) is 0 Å². The van der Waals surface area contributed by atoms with Crippen LogP contribution in [0.4, 0.5) is 13.8 Å². The van der Waals surface area contributed by atoms with E-state index in [0.29, 0.717) is 4.88 Å². The Bertz CT molecular complexity index is 411. The van der Waals surface area contributed by atoms with Gasteiger partial charge < -0.3 is 5.73 Å². The molecule has 0 spiro atoms. The van der Waals surface area contributed by atoms with E-state index in [1.54, 1.807) is 0 Å². The predicted octanol–water partition coefficient (Wildman–Crippen LogP) is 2.24. The highest BCUT2D eigenvalue weighted by Crippen LogP contribution is 2.51. The summed E-state index contributed by atoms with van der Waals surface area (Å²) in [5.41, 5.74) is 4.64. The third-order valence-electron chi connectivity index (χ3n) is 2.41. The molecule has 1 heterocycles. The summed E-state index contributed by atoms with van der Waals surface area (Å²) < 4.78 is 25.4. The van der Waals surface area contributed by atoms with Gasteiger partial charge in [-0.25, -0.2) is 8.78 Å². The average Bonchev–Trinajstić information content (AvgIpc) is 2.47. The SMILES string of the molecule is NC1(c2ccc([N+](=O)[O-])s2)CC(F)(F)C1. The normalized spacial score (nSPS) is 22.1. The Morgan fingerprint density at radius 3 is 2.47 bits per heavy atom. The first-order valence-corrected chi connectivity index (χ1v) is 5.06. The molecule has 1 aromatic heterocycles. The van der Waals surface area contributed by atoms with Gasteiger partial charge >= 0.3 is 5.00 Å². The van der Waals surface area contributed by atoms with Crippen LogP contribution >= 0.6 is 11.3 Å². The van der Waals surface area contributed by atoms with Gasteiger partial charge in [-0.2, -0.15) is 0 Å². The molecule has 7 heteroatoms. The number of nitro groups is 1. The minimum atomic E-state index is -2.73. The van der Waals surface area contributed by atoms with Gasteiger partial charge in [0.2, 0.25) is 0 Å². The van der Waals surface area contributed by atoms with Crippen LogP contribution in [0.1, 0.15) is 17.7 Å². The Kier molecular flexibility index (Phi) is 2.06. The van der Waals surface area contributed by atoms with Gasteiger partial charge in [0.05, 0.1) is 10.5 Å². The quantitative estimate of drug-likeness (QED) is 0.630. The molecule has 0 aromatic carbocycles. The second-order valence-corrected chi connectivity index (χ2v) is 4.82. The number of hydrogen-bond acceptors (Lipinski definition) is 4. The lowest BCUT2D eigenvalue weighted by molar-refractivity contribution is -0.380. The molecule has 1 fully saturated rings. The third kappa shape index (κ3) is 1.72. The fourth-order valence-electron chi connectivity index (χ4n) is 1.74. The summed E-state index contributed by atoms with van der Waals surface area (Å²) in [6.45, 7) is 0. The van der Waals surface area contributed by atoms with Crippen LogP contribution in [0.2, 0.25) is 0 Å². The van der Waals surface area contributed by atoms with E-state index < -0.39 is 29.2 Å². The van der Waals surface area contributed by atoms with Crippen molar-refractivity contribution in [2.45, 2.75) is 24.3 Å². The molecule has 0 bridgehead atoms. The van der Waals surface area contributed by atoms with Crippen LogP contribution in [-0.2, 0) is 5.54 Å². The minimum absolute atomic E-state index is 0.0648. The van der Waals surface area contributed by atoms with Gasteiger partial charge in [-0.05, 0) is 6.07 Å². The molecule has 2 N–H and O–H groups in total. The van der Waals surface area contributed by atoms with E-state index in [-0.39, 0.29) is 5.00 Å². The van der Waals surface area contributed by atoms with Crippen LogP contribution in [0.5, 0.6) is 0 Å². The number of alkyl halides is 2. The number of thiophene rings is 1. The standard InChI is InChI=1S/C8H8F2N2O2S/c9-8(10)3-7(11,4-8)5-1-2-6(15-5)12(13)14/h1-2H,3-4,11H2. The summed E-state index contributed by atoms with van der Waals surface area (Å²) in [7, 11) is 0. The highest BCUT2D eigenvalue weighted by Gasteiger charge is 2.56. The summed E-state index contributed by atoms with van der Waals surface area (Å²) in [5.74, 6) is -2.73. The molecule has 1 aliphatic carbocycles. The zero-order valence-electron chi connectivity index (χ0n) is 7.57. The lowest BCUT2D eigenvalue weighted by Crippen LogP contribution is -2.55. The predicted molar refractivity (Wildman–Crippen MR) is 51.0 cm³/mol. The molecule has 4 nitrogen and oxygen atoms in total. The van der Waals surface area contributed by atoms with Gasteiger partial charge in [0.15, 0.2) is 0 Å². The maximum Gasteiger partial charge on any atom is 0.324 e. The first kappa shape index (κ1) is 10.4. The molecule has 0 saturated heterocycles. The number of nitrogens with two attached hydrogens (primary N) is 1. The molecule has 1 saturated carbocycles. The van der Waals surface area contributed by atoms with Gasteiger partial charge in [-0.3, -0.25) is 10.1 Å². The van der Waals surface area contributed by atoms with Crippen LogP contribution in [-0.4, -0.2) is 10.8 Å². The second kappa shape index (κ2) is 2.96. The lowest BCUT2D eigenvalue weighted by atomic mass is 9.73. The van der Waals surface area contributed by atoms with Crippen molar-refractivity contribution in [2.24, 2.45) is 5.73 Å². The maximum absolute atomic E-state index is 12.7. The Hall–Kier alpha value is -1.08. The van der Waals surface area contributed by atoms with Crippen molar-refractivity contribution in [1.82, 2.24) is 0 Å². The van der Waals surface area contributed by atoms with Crippen LogP contribution < -0.4 is 5.73 Å². The monoisotopic (exact) mass is 234 g/mol. The summed E-state index contributed by atoms with van der Waals surface area (Å²) in [4.78, 5) is 10.3. The minimum Gasteiger partial charge on any atom is -0.320 e. The van der Waals surface area contributed by atoms with Crippen molar-refractivity contribution in [3.63, 3.8) is 0 Å².